The molecule has 0 spiro atoms. The highest BCUT2D eigenvalue weighted by Gasteiger charge is 2.58. The summed E-state index contributed by atoms with van der Waals surface area (Å²) in [5.74, 6) is 1.55. The Labute approximate surface area is 238 Å². The first kappa shape index (κ1) is 27.9. The standard InChI is InChI=1S/C33H47FN4O2/c1-5-30-31(22(4)38(6-2)35-30)23-10-12-37(13-11-23)21(3)28-18-36(19-29(28)24-8-7-9-27(34)15-24)20-33(32(39)40)16-25-14-26(25)17-33/h7-9,15,21,23,25-26,28-29H,5-6,10-14,16-20H2,1-4H3,(H,39,40)/t21-,25-,26+,28-,29-,33?/m1/s1. The number of carboxylic acid groups (broad SMARTS) is 1. The Balaban J connectivity index is 1.18. The molecule has 4 fully saturated rings. The average Bonchev–Trinajstić information content (AvgIpc) is 3.26. The zero-order chi connectivity index (χ0) is 28.2. The van der Waals surface area contributed by atoms with Crippen LogP contribution in [0.3, 0.4) is 0 Å². The van der Waals surface area contributed by atoms with E-state index in [1.807, 2.05) is 6.07 Å². The Bertz CT molecular complexity index is 1230. The molecule has 1 unspecified atom stereocenters. The van der Waals surface area contributed by atoms with Crippen molar-refractivity contribution in [3.05, 3.63) is 52.6 Å². The molecule has 0 amide bonds. The lowest BCUT2D eigenvalue weighted by atomic mass is 9.82. The van der Waals surface area contributed by atoms with Crippen molar-refractivity contribution in [3.8, 4) is 0 Å². The van der Waals surface area contributed by atoms with Gasteiger partial charge in [-0.25, -0.2) is 4.39 Å². The Morgan fingerprint density at radius 1 is 1.18 bits per heavy atom. The molecule has 6 rings (SSSR count). The van der Waals surface area contributed by atoms with E-state index in [4.69, 9.17) is 5.10 Å². The molecule has 2 saturated heterocycles. The molecule has 0 radical (unpaired) electrons. The highest BCUT2D eigenvalue weighted by Crippen LogP contribution is 2.60. The van der Waals surface area contributed by atoms with E-state index in [1.54, 1.807) is 6.07 Å². The lowest BCUT2D eigenvalue weighted by molar-refractivity contribution is -0.150. The summed E-state index contributed by atoms with van der Waals surface area (Å²) >= 11 is 0. The number of aromatic nitrogens is 2. The van der Waals surface area contributed by atoms with E-state index < -0.39 is 11.4 Å². The highest BCUT2D eigenvalue weighted by molar-refractivity contribution is 5.76. The molecular formula is C33H47FN4O2. The van der Waals surface area contributed by atoms with Crippen molar-refractivity contribution in [2.24, 2.45) is 23.2 Å². The Morgan fingerprint density at radius 2 is 1.90 bits per heavy atom. The second-order valence-electron chi connectivity index (χ2n) is 13.4. The number of rotatable bonds is 9. The third-order valence-corrected chi connectivity index (χ3v) is 11.2. The summed E-state index contributed by atoms with van der Waals surface area (Å²) in [6.45, 7) is 14.3. The normalized spacial score (nSPS) is 31.9. The van der Waals surface area contributed by atoms with E-state index in [1.165, 1.54) is 29.4 Å². The second-order valence-corrected chi connectivity index (χ2v) is 13.4. The molecule has 1 aromatic carbocycles. The lowest BCUT2D eigenvalue weighted by Crippen LogP contribution is -2.46. The van der Waals surface area contributed by atoms with Crippen molar-refractivity contribution in [1.82, 2.24) is 19.6 Å². The van der Waals surface area contributed by atoms with Crippen LogP contribution in [0.2, 0.25) is 0 Å². The maximum absolute atomic E-state index is 14.4. The van der Waals surface area contributed by atoms with E-state index in [2.05, 4.69) is 48.2 Å². The fourth-order valence-electron chi connectivity index (χ4n) is 8.91. The summed E-state index contributed by atoms with van der Waals surface area (Å²) in [5, 5.41) is 15.2. The van der Waals surface area contributed by atoms with Gasteiger partial charge < -0.3 is 14.9 Å². The van der Waals surface area contributed by atoms with E-state index in [9.17, 15) is 14.3 Å². The number of piperidine rings is 1. The summed E-state index contributed by atoms with van der Waals surface area (Å²) in [6, 6.07) is 7.48. The zero-order valence-corrected chi connectivity index (χ0v) is 24.8. The molecule has 0 bridgehead atoms. The monoisotopic (exact) mass is 550 g/mol. The predicted octanol–water partition coefficient (Wildman–Crippen LogP) is 5.70. The number of benzene rings is 1. The third kappa shape index (κ3) is 5.02. The number of halogens is 1. The number of nitrogens with zero attached hydrogens (tertiary/aromatic N) is 4. The zero-order valence-electron chi connectivity index (χ0n) is 24.8. The van der Waals surface area contributed by atoms with E-state index in [-0.39, 0.29) is 11.7 Å². The Kier molecular flexibility index (Phi) is 7.58. The molecule has 6 nitrogen and oxygen atoms in total. The average molecular weight is 551 g/mol. The van der Waals surface area contributed by atoms with Gasteiger partial charge in [0.2, 0.25) is 0 Å². The minimum atomic E-state index is -0.617. The summed E-state index contributed by atoms with van der Waals surface area (Å²) in [4.78, 5) is 17.6. The fourth-order valence-corrected chi connectivity index (χ4v) is 8.91. The fraction of sp³-hybridized carbons (Fsp3) is 0.697. The van der Waals surface area contributed by atoms with Gasteiger partial charge in [-0.05, 0) is 119 Å². The lowest BCUT2D eigenvalue weighted by Gasteiger charge is -2.40. The van der Waals surface area contributed by atoms with Crippen molar-refractivity contribution in [2.75, 3.05) is 32.7 Å². The molecule has 1 aromatic heterocycles. The van der Waals surface area contributed by atoms with Gasteiger partial charge in [0.25, 0.3) is 0 Å². The summed E-state index contributed by atoms with van der Waals surface area (Å²) < 4.78 is 16.5. The van der Waals surface area contributed by atoms with Gasteiger partial charge in [0.05, 0.1) is 11.1 Å². The van der Waals surface area contributed by atoms with Crippen molar-refractivity contribution >= 4 is 5.97 Å². The summed E-state index contributed by atoms with van der Waals surface area (Å²) in [7, 11) is 0. The van der Waals surface area contributed by atoms with Crippen molar-refractivity contribution in [3.63, 3.8) is 0 Å². The van der Waals surface area contributed by atoms with Crippen LogP contribution in [0.25, 0.3) is 0 Å². The second kappa shape index (κ2) is 10.9. The molecule has 4 aliphatic rings. The third-order valence-electron chi connectivity index (χ3n) is 11.2. The minimum Gasteiger partial charge on any atom is -0.481 e. The van der Waals surface area contributed by atoms with Gasteiger partial charge in [0, 0.05) is 43.8 Å². The quantitative estimate of drug-likeness (QED) is 0.434. The molecule has 6 atom stereocenters. The molecule has 1 N–H and O–H groups in total. The van der Waals surface area contributed by atoms with Crippen LogP contribution in [-0.2, 0) is 17.8 Å². The van der Waals surface area contributed by atoms with E-state index >= 15 is 0 Å². The Hall–Kier alpha value is -2.25. The topological polar surface area (TPSA) is 61.6 Å². The van der Waals surface area contributed by atoms with Gasteiger partial charge in [0.1, 0.15) is 5.82 Å². The van der Waals surface area contributed by atoms with Crippen LogP contribution >= 0.6 is 0 Å². The SMILES string of the molecule is CCc1nn(CC)c(C)c1C1CCN([C@H](C)[C@H]2CN(CC3(C(=O)O)C[C@H]4C[C@H]4C3)C[C@@H]2c2cccc(F)c2)CC1. The van der Waals surface area contributed by atoms with Gasteiger partial charge in [-0.1, -0.05) is 19.1 Å². The van der Waals surface area contributed by atoms with Crippen LogP contribution in [0.5, 0.6) is 0 Å². The van der Waals surface area contributed by atoms with E-state index in [0.717, 1.165) is 70.4 Å². The van der Waals surface area contributed by atoms with Crippen molar-refractivity contribution in [1.29, 1.82) is 0 Å². The smallest absolute Gasteiger partial charge is 0.310 e. The van der Waals surface area contributed by atoms with Gasteiger partial charge in [-0.2, -0.15) is 5.10 Å². The number of likely N-dealkylation sites (tertiary alicyclic amines) is 2. The molecular weight excluding hydrogens is 503 g/mol. The molecule has 2 aliphatic heterocycles. The number of carboxylic acids is 1. The van der Waals surface area contributed by atoms with Crippen LogP contribution < -0.4 is 0 Å². The molecule has 7 heteroatoms. The van der Waals surface area contributed by atoms with Crippen molar-refractivity contribution < 1.29 is 14.3 Å². The van der Waals surface area contributed by atoms with Crippen LogP contribution in [0.15, 0.2) is 24.3 Å². The number of fused-ring (bicyclic) bond motifs is 1. The summed E-state index contributed by atoms with van der Waals surface area (Å²) in [5.41, 5.74) is 4.53. The number of carbonyl (C=O) groups is 1. The summed E-state index contributed by atoms with van der Waals surface area (Å²) in [6.07, 6.45) is 6.13. The van der Waals surface area contributed by atoms with Gasteiger partial charge >= 0.3 is 5.97 Å². The van der Waals surface area contributed by atoms with Crippen LogP contribution in [0.4, 0.5) is 4.39 Å². The molecule has 40 heavy (non-hydrogen) atoms. The maximum atomic E-state index is 14.4. The predicted molar refractivity (Wildman–Crippen MR) is 155 cm³/mol. The van der Waals surface area contributed by atoms with Gasteiger partial charge in [-0.15, -0.1) is 0 Å². The van der Waals surface area contributed by atoms with Gasteiger partial charge in [0.15, 0.2) is 0 Å². The number of aliphatic carboxylic acids is 1. The number of hydrogen-bond donors (Lipinski definition) is 1. The minimum absolute atomic E-state index is 0.184. The maximum Gasteiger partial charge on any atom is 0.310 e. The van der Waals surface area contributed by atoms with Crippen LogP contribution in [-0.4, -0.2) is 69.4 Å². The first-order valence-corrected chi connectivity index (χ1v) is 15.7. The largest absolute Gasteiger partial charge is 0.481 e. The van der Waals surface area contributed by atoms with E-state index in [0.29, 0.717) is 36.3 Å². The molecule has 2 saturated carbocycles. The van der Waals surface area contributed by atoms with Crippen molar-refractivity contribution in [2.45, 2.75) is 90.6 Å². The Morgan fingerprint density at radius 3 is 2.52 bits per heavy atom. The molecule has 218 valence electrons. The first-order chi connectivity index (χ1) is 19.2. The number of aryl methyl sites for hydroxylation is 2. The number of hydrogen-bond acceptors (Lipinski definition) is 4. The molecule has 2 aliphatic carbocycles. The molecule has 3 heterocycles. The molecule has 2 aromatic rings. The highest BCUT2D eigenvalue weighted by atomic mass is 19.1. The van der Waals surface area contributed by atoms with Crippen LogP contribution in [0, 0.1) is 35.9 Å². The van der Waals surface area contributed by atoms with Crippen LogP contribution in [0.1, 0.15) is 87.2 Å². The van der Waals surface area contributed by atoms with Gasteiger partial charge in [-0.3, -0.25) is 9.48 Å². The first-order valence-electron chi connectivity index (χ1n) is 15.7.